The minimum absolute atomic E-state index is 0.308. The quantitative estimate of drug-likeness (QED) is 0.721. The summed E-state index contributed by atoms with van der Waals surface area (Å²) in [5.74, 6) is -1.08. The lowest BCUT2D eigenvalue weighted by Gasteiger charge is -2.26. The lowest BCUT2D eigenvalue weighted by Crippen LogP contribution is -2.47. The van der Waals surface area contributed by atoms with Gasteiger partial charge in [0, 0.05) is 32.0 Å². The molecule has 0 aromatic carbocycles. The first-order valence-electron chi connectivity index (χ1n) is 5.81. The van der Waals surface area contributed by atoms with Crippen molar-refractivity contribution in [3.8, 4) is 0 Å². The highest BCUT2D eigenvalue weighted by Gasteiger charge is 2.23. The Morgan fingerprint density at radius 1 is 1.39 bits per heavy atom. The molecule has 1 N–H and O–H groups in total. The molecule has 0 spiro atoms. The van der Waals surface area contributed by atoms with Gasteiger partial charge in [-0.15, -0.1) is 0 Å². The summed E-state index contributed by atoms with van der Waals surface area (Å²) < 4.78 is 5.13. The molecule has 1 aromatic heterocycles. The van der Waals surface area contributed by atoms with Crippen LogP contribution in [0.4, 0.5) is 0 Å². The van der Waals surface area contributed by atoms with E-state index >= 15 is 0 Å². The van der Waals surface area contributed by atoms with E-state index in [-0.39, 0.29) is 0 Å². The lowest BCUT2D eigenvalue weighted by atomic mass is 10.3. The van der Waals surface area contributed by atoms with E-state index in [4.69, 9.17) is 4.74 Å². The molecule has 2 heterocycles. The molecular formula is C12H15N3O3. The molecule has 18 heavy (non-hydrogen) atoms. The van der Waals surface area contributed by atoms with E-state index in [1.54, 1.807) is 18.5 Å². The summed E-state index contributed by atoms with van der Waals surface area (Å²) in [6, 6.07) is 3.62. The number of nitrogens with one attached hydrogen (secondary N) is 1. The molecule has 6 heteroatoms. The summed E-state index contributed by atoms with van der Waals surface area (Å²) in [4.78, 5) is 28.9. The first-order valence-corrected chi connectivity index (χ1v) is 5.81. The topological polar surface area (TPSA) is 71.5 Å². The molecule has 0 saturated carbocycles. The van der Waals surface area contributed by atoms with Crippen LogP contribution in [0.5, 0.6) is 0 Å². The zero-order valence-electron chi connectivity index (χ0n) is 9.96. The minimum atomic E-state index is -0.583. The molecule has 1 aliphatic heterocycles. The largest absolute Gasteiger partial charge is 0.378 e. The Bertz CT molecular complexity index is 416. The van der Waals surface area contributed by atoms with Crippen LogP contribution in [0, 0.1) is 0 Å². The number of amides is 2. The second kappa shape index (κ2) is 6.11. The molecule has 1 saturated heterocycles. The van der Waals surface area contributed by atoms with E-state index in [2.05, 4.69) is 10.3 Å². The zero-order chi connectivity index (χ0) is 12.8. The molecule has 1 aromatic rings. The van der Waals surface area contributed by atoms with Crippen molar-refractivity contribution < 1.29 is 14.3 Å². The monoisotopic (exact) mass is 249 g/mol. The Labute approximate surface area is 105 Å². The van der Waals surface area contributed by atoms with Crippen molar-refractivity contribution >= 4 is 11.8 Å². The fraction of sp³-hybridized carbons (Fsp3) is 0.417. The molecule has 96 valence electrons. The predicted molar refractivity (Wildman–Crippen MR) is 63.5 cm³/mol. The van der Waals surface area contributed by atoms with Gasteiger partial charge in [-0.05, 0) is 11.6 Å². The first-order chi connectivity index (χ1) is 8.77. The highest BCUT2D eigenvalue weighted by atomic mass is 16.5. The lowest BCUT2D eigenvalue weighted by molar-refractivity contribution is -0.148. The average molecular weight is 249 g/mol. The van der Waals surface area contributed by atoms with Gasteiger partial charge in [-0.2, -0.15) is 0 Å². The van der Waals surface area contributed by atoms with E-state index in [1.165, 1.54) is 4.90 Å². The van der Waals surface area contributed by atoms with Crippen molar-refractivity contribution in [3.63, 3.8) is 0 Å². The maximum absolute atomic E-state index is 11.8. The maximum atomic E-state index is 11.8. The van der Waals surface area contributed by atoms with Crippen LogP contribution >= 0.6 is 0 Å². The van der Waals surface area contributed by atoms with Crippen LogP contribution in [-0.2, 0) is 20.9 Å². The van der Waals surface area contributed by atoms with Crippen LogP contribution in [0.1, 0.15) is 5.56 Å². The number of hydrogen-bond donors (Lipinski definition) is 1. The van der Waals surface area contributed by atoms with Gasteiger partial charge in [0.25, 0.3) is 0 Å². The predicted octanol–water partition coefficient (Wildman–Crippen LogP) is -0.443. The summed E-state index contributed by atoms with van der Waals surface area (Å²) in [5.41, 5.74) is 0.862. The van der Waals surface area contributed by atoms with Crippen LogP contribution in [0.2, 0.25) is 0 Å². The Balaban J connectivity index is 1.82. The number of carbonyl (C=O) groups is 2. The standard InChI is InChI=1S/C12H15N3O3/c16-11(12(17)15-4-6-18-7-5-15)14-9-10-2-1-3-13-8-10/h1-3,8H,4-7,9H2,(H,14,16). The van der Waals surface area contributed by atoms with Crippen LogP contribution < -0.4 is 5.32 Å². The van der Waals surface area contributed by atoms with E-state index in [0.717, 1.165) is 5.56 Å². The van der Waals surface area contributed by atoms with Crippen molar-refractivity contribution in [2.45, 2.75) is 6.54 Å². The molecular weight excluding hydrogens is 234 g/mol. The van der Waals surface area contributed by atoms with Crippen LogP contribution in [0.3, 0.4) is 0 Å². The molecule has 0 bridgehead atoms. The number of morpholine rings is 1. The summed E-state index contributed by atoms with van der Waals surface area (Å²) >= 11 is 0. The molecule has 0 atom stereocenters. The Morgan fingerprint density at radius 2 is 2.17 bits per heavy atom. The second-order valence-electron chi connectivity index (χ2n) is 3.95. The van der Waals surface area contributed by atoms with Crippen molar-refractivity contribution in [2.75, 3.05) is 26.3 Å². The third kappa shape index (κ3) is 3.27. The smallest absolute Gasteiger partial charge is 0.312 e. The Hall–Kier alpha value is -1.95. The van der Waals surface area contributed by atoms with Gasteiger partial charge in [-0.25, -0.2) is 0 Å². The van der Waals surface area contributed by atoms with Gasteiger partial charge in [0.15, 0.2) is 0 Å². The summed E-state index contributed by atoms with van der Waals surface area (Å²) in [7, 11) is 0. The van der Waals surface area contributed by atoms with E-state index in [1.807, 2.05) is 6.07 Å². The number of pyridine rings is 1. The fourth-order valence-electron chi connectivity index (χ4n) is 1.67. The second-order valence-corrected chi connectivity index (χ2v) is 3.95. The normalized spacial score (nSPS) is 15.2. The third-order valence-electron chi connectivity index (χ3n) is 2.67. The molecule has 6 nitrogen and oxygen atoms in total. The van der Waals surface area contributed by atoms with Gasteiger partial charge < -0.3 is 15.0 Å². The Morgan fingerprint density at radius 3 is 2.83 bits per heavy atom. The molecule has 0 aliphatic carbocycles. The summed E-state index contributed by atoms with van der Waals surface area (Å²) in [6.07, 6.45) is 3.31. The van der Waals surface area contributed by atoms with Crippen molar-refractivity contribution in [1.82, 2.24) is 15.2 Å². The molecule has 1 aliphatic rings. The molecule has 1 fully saturated rings. The number of rotatable bonds is 2. The van der Waals surface area contributed by atoms with Gasteiger partial charge in [0.2, 0.25) is 0 Å². The number of carbonyl (C=O) groups excluding carboxylic acids is 2. The summed E-state index contributed by atoms with van der Waals surface area (Å²) in [6.45, 7) is 2.23. The Kier molecular flexibility index (Phi) is 4.25. The van der Waals surface area contributed by atoms with E-state index in [9.17, 15) is 9.59 Å². The van der Waals surface area contributed by atoms with Gasteiger partial charge in [-0.3, -0.25) is 14.6 Å². The maximum Gasteiger partial charge on any atom is 0.312 e. The van der Waals surface area contributed by atoms with E-state index < -0.39 is 11.8 Å². The van der Waals surface area contributed by atoms with Crippen molar-refractivity contribution in [3.05, 3.63) is 30.1 Å². The number of hydrogen-bond acceptors (Lipinski definition) is 4. The highest BCUT2D eigenvalue weighted by molar-refractivity contribution is 6.34. The molecule has 0 unspecified atom stereocenters. The van der Waals surface area contributed by atoms with Gasteiger partial charge >= 0.3 is 11.8 Å². The minimum Gasteiger partial charge on any atom is -0.378 e. The number of nitrogens with zero attached hydrogens (tertiary/aromatic N) is 2. The fourth-order valence-corrected chi connectivity index (χ4v) is 1.67. The van der Waals surface area contributed by atoms with Crippen molar-refractivity contribution in [2.24, 2.45) is 0 Å². The first kappa shape index (κ1) is 12.5. The average Bonchev–Trinajstić information content (AvgIpc) is 2.46. The summed E-state index contributed by atoms with van der Waals surface area (Å²) in [5, 5.41) is 2.59. The number of ether oxygens (including phenoxy) is 1. The SMILES string of the molecule is O=C(NCc1cccnc1)C(=O)N1CCOCC1. The van der Waals surface area contributed by atoms with Gasteiger partial charge in [-0.1, -0.05) is 6.07 Å². The van der Waals surface area contributed by atoms with Crippen LogP contribution in [0.25, 0.3) is 0 Å². The van der Waals surface area contributed by atoms with Crippen LogP contribution in [0.15, 0.2) is 24.5 Å². The molecule has 0 radical (unpaired) electrons. The van der Waals surface area contributed by atoms with Crippen molar-refractivity contribution in [1.29, 1.82) is 0 Å². The highest BCUT2D eigenvalue weighted by Crippen LogP contribution is 1.99. The molecule has 2 rings (SSSR count). The third-order valence-corrected chi connectivity index (χ3v) is 2.67. The van der Waals surface area contributed by atoms with Gasteiger partial charge in [0.1, 0.15) is 0 Å². The zero-order valence-corrected chi connectivity index (χ0v) is 9.96. The van der Waals surface area contributed by atoms with E-state index in [0.29, 0.717) is 32.8 Å². The molecule has 2 amide bonds. The van der Waals surface area contributed by atoms with Gasteiger partial charge in [0.05, 0.1) is 13.2 Å². The van der Waals surface area contributed by atoms with Crippen LogP contribution in [-0.4, -0.2) is 48.0 Å². The number of aromatic nitrogens is 1.